The topological polar surface area (TPSA) is 42.4 Å². The molecule has 1 aromatic heterocycles. The van der Waals surface area contributed by atoms with Gasteiger partial charge in [-0.15, -0.1) is 11.3 Å². The lowest BCUT2D eigenvalue weighted by molar-refractivity contribution is 0.176. The molecule has 2 aromatic rings. The van der Waals surface area contributed by atoms with Crippen LogP contribution < -0.4 is 4.74 Å². The van der Waals surface area contributed by atoms with E-state index in [2.05, 4.69) is 4.98 Å². The van der Waals surface area contributed by atoms with Crippen molar-refractivity contribution in [1.29, 1.82) is 0 Å². The number of hydrogen-bond donors (Lipinski definition) is 1. The largest absolute Gasteiger partial charge is 0.497 e. The number of ether oxygens (including phenoxy) is 1. The van der Waals surface area contributed by atoms with Gasteiger partial charge in [0.15, 0.2) is 0 Å². The lowest BCUT2D eigenvalue weighted by Crippen LogP contribution is -2.04. The van der Waals surface area contributed by atoms with Crippen molar-refractivity contribution >= 4 is 11.3 Å². The molecule has 0 spiro atoms. The highest BCUT2D eigenvalue weighted by Gasteiger charge is 2.13. The van der Waals surface area contributed by atoms with E-state index in [1.165, 1.54) is 0 Å². The third kappa shape index (κ3) is 2.89. The Morgan fingerprint density at radius 1 is 1.39 bits per heavy atom. The molecule has 0 bridgehead atoms. The molecule has 1 heterocycles. The fourth-order valence-corrected chi connectivity index (χ4v) is 2.58. The molecule has 0 aliphatic heterocycles. The minimum absolute atomic E-state index is 0.516. The smallest absolute Gasteiger partial charge is 0.119 e. The molecule has 0 amide bonds. The SMILES string of the molecule is COc1ccc(C(O)Cc2csc(C)n2)c(C)c1. The Balaban J connectivity index is 2.15. The normalized spacial score (nSPS) is 12.4. The summed E-state index contributed by atoms with van der Waals surface area (Å²) in [6, 6.07) is 5.72. The highest BCUT2D eigenvalue weighted by atomic mass is 32.1. The quantitative estimate of drug-likeness (QED) is 0.922. The number of hydrogen-bond acceptors (Lipinski definition) is 4. The predicted molar refractivity (Wildman–Crippen MR) is 73.2 cm³/mol. The maximum atomic E-state index is 10.3. The van der Waals surface area contributed by atoms with Crippen LogP contribution in [0.1, 0.15) is 27.9 Å². The number of rotatable bonds is 4. The standard InChI is InChI=1S/C14H17NO2S/c1-9-6-12(17-3)4-5-13(9)14(16)7-11-8-18-10(2)15-11/h4-6,8,14,16H,7H2,1-3H3. The van der Waals surface area contributed by atoms with Crippen molar-refractivity contribution < 1.29 is 9.84 Å². The van der Waals surface area contributed by atoms with Crippen molar-refractivity contribution in [2.75, 3.05) is 7.11 Å². The summed E-state index contributed by atoms with van der Waals surface area (Å²) in [7, 11) is 1.64. The molecule has 3 nitrogen and oxygen atoms in total. The molecule has 96 valence electrons. The summed E-state index contributed by atoms with van der Waals surface area (Å²) in [5.41, 5.74) is 2.91. The first-order valence-corrected chi connectivity index (χ1v) is 6.71. The molecule has 0 fully saturated rings. The van der Waals surface area contributed by atoms with E-state index in [4.69, 9.17) is 4.74 Å². The van der Waals surface area contributed by atoms with E-state index in [1.54, 1.807) is 18.4 Å². The summed E-state index contributed by atoms with van der Waals surface area (Å²) < 4.78 is 5.16. The van der Waals surface area contributed by atoms with E-state index in [0.29, 0.717) is 6.42 Å². The van der Waals surface area contributed by atoms with E-state index < -0.39 is 6.10 Å². The number of aliphatic hydroxyl groups is 1. The van der Waals surface area contributed by atoms with Crippen LogP contribution in [-0.2, 0) is 6.42 Å². The van der Waals surface area contributed by atoms with Crippen LogP contribution in [0.15, 0.2) is 23.6 Å². The number of thiazole rings is 1. The van der Waals surface area contributed by atoms with Gasteiger partial charge in [-0.05, 0) is 37.1 Å². The fourth-order valence-electron chi connectivity index (χ4n) is 1.96. The van der Waals surface area contributed by atoms with Gasteiger partial charge < -0.3 is 9.84 Å². The molecule has 0 aliphatic carbocycles. The number of methoxy groups -OCH3 is 1. The Kier molecular flexibility index (Phi) is 3.99. The molecule has 1 aromatic carbocycles. The van der Waals surface area contributed by atoms with Crippen molar-refractivity contribution in [3.63, 3.8) is 0 Å². The molecule has 0 saturated carbocycles. The number of aryl methyl sites for hydroxylation is 2. The maximum absolute atomic E-state index is 10.3. The first-order valence-electron chi connectivity index (χ1n) is 5.83. The van der Waals surface area contributed by atoms with Gasteiger partial charge in [-0.25, -0.2) is 4.98 Å². The van der Waals surface area contributed by atoms with Crippen molar-refractivity contribution in [1.82, 2.24) is 4.98 Å². The number of nitrogens with zero attached hydrogens (tertiary/aromatic N) is 1. The zero-order valence-electron chi connectivity index (χ0n) is 10.8. The van der Waals surface area contributed by atoms with Gasteiger partial charge in [0, 0.05) is 11.8 Å². The van der Waals surface area contributed by atoms with Crippen LogP contribution in [-0.4, -0.2) is 17.2 Å². The van der Waals surface area contributed by atoms with Crippen molar-refractivity contribution in [2.24, 2.45) is 0 Å². The van der Waals surface area contributed by atoms with E-state index in [1.807, 2.05) is 37.4 Å². The lowest BCUT2D eigenvalue weighted by atomic mass is 10.00. The second-order valence-corrected chi connectivity index (χ2v) is 5.36. The molecule has 1 unspecified atom stereocenters. The zero-order chi connectivity index (χ0) is 13.1. The number of aromatic nitrogens is 1. The summed E-state index contributed by atoms with van der Waals surface area (Å²) in [5.74, 6) is 0.813. The van der Waals surface area contributed by atoms with Crippen LogP contribution in [0.2, 0.25) is 0 Å². The summed E-state index contributed by atoms with van der Waals surface area (Å²) in [4.78, 5) is 4.37. The summed E-state index contributed by atoms with van der Waals surface area (Å²) in [6.45, 7) is 3.95. The van der Waals surface area contributed by atoms with Crippen LogP contribution in [0.4, 0.5) is 0 Å². The summed E-state index contributed by atoms with van der Waals surface area (Å²) in [5, 5.41) is 13.3. The van der Waals surface area contributed by atoms with Crippen LogP contribution in [0.3, 0.4) is 0 Å². The lowest BCUT2D eigenvalue weighted by Gasteiger charge is -2.13. The Morgan fingerprint density at radius 3 is 2.72 bits per heavy atom. The molecule has 1 N–H and O–H groups in total. The van der Waals surface area contributed by atoms with Crippen LogP contribution >= 0.6 is 11.3 Å². The Hall–Kier alpha value is -1.39. The van der Waals surface area contributed by atoms with Gasteiger partial charge in [-0.3, -0.25) is 0 Å². The van der Waals surface area contributed by atoms with Gasteiger partial charge in [0.2, 0.25) is 0 Å². The first-order chi connectivity index (χ1) is 8.60. The summed E-state index contributed by atoms with van der Waals surface area (Å²) in [6.07, 6.45) is 0.0368. The van der Waals surface area contributed by atoms with Gasteiger partial charge in [-0.1, -0.05) is 6.07 Å². The minimum atomic E-state index is -0.516. The fraction of sp³-hybridized carbons (Fsp3) is 0.357. The molecule has 0 radical (unpaired) electrons. The summed E-state index contributed by atoms with van der Waals surface area (Å²) >= 11 is 1.61. The molecule has 18 heavy (non-hydrogen) atoms. The minimum Gasteiger partial charge on any atom is -0.497 e. The van der Waals surface area contributed by atoms with Gasteiger partial charge in [0.05, 0.1) is 23.9 Å². The molecule has 4 heteroatoms. The Labute approximate surface area is 111 Å². The van der Waals surface area contributed by atoms with Gasteiger partial charge in [-0.2, -0.15) is 0 Å². The third-order valence-corrected chi connectivity index (χ3v) is 3.73. The zero-order valence-corrected chi connectivity index (χ0v) is 11.6. The van der Waals surface area contributed by atoms with E-state index in [0.717, 1.165) is 27.6 Å². The highest BCUT2D eigenvalue weighted by molar-refractivity contribution is 7.09. The second kappa shape index (κ2) is 5.50. The van der Waals surface area contributed by atoms with E-state index >= 15 is 0 Å². The molecule has 0 saturated heterocycles. The molecule has 1 atom stereocenters. The highest BCUT2D eigenvalue weighted by Crippen LogP contribution is 2.25. The first kappa shape index (κ1) is 13.1. The van der Waals surface area contributed by atoms with Crippen molar-refractivity contribution in [2.45, 2.75) is 26.4 Å². The van der Waals surface area contributed by atoms with Gasteiger partial charge >= 0.3 is 0 Å². The monoisotopic (exact) mass is 263 g/mol. The Morgan fingerprint density at radius 2 is 2.17 bits per heavy atom. The molecule has 2 rings (SSSR count). The van der Waals surface area contributed by atoms with Crippen molar-refractivity contribution in [3.05, 3.63) is 45.4 Å². The van der Waals surface area contributed by atoms with E-state index in [9.17, 15) is 5.11 Å². The van der Waals surface area contributed by atoms with Gasteiger partial charge in [0.25, 0.3) is 0 Å². The van der Waals surface area contributed by atoms with Crippen LogP contribution in [0, 0.1) is 13.8 Å². The molecular weight excluding hydrogens is 246 g/mol. The van der Waals surface area contributed by atoms with Gasteiger partial charge in [0.1, 0.15) is 5.75 Å². The van der Waals surface area contributed by atoms with Crippen molar-refractivity contribution in [3.8, 4) is 5.75 Å². The number of aliphatic hydroxyl groups excluding tert-OH is 1. The average Bonchev–Trinajstić information content (AvgIpc) is 2.74. The van der Waals surface area contributed by atoms with Crippen LogP contribution in [0.25, 0.3) is 0 Å². The molecular formula is C14H17NO2S. The molecule has 0 aliphatic rings. The Bertz CT molecular complexity index is 536. The van der Waals surface area contributed by atoms with Crippen LogP contribution in [0.5, 0.6) is 5.75 Å². The maximum Gasteiger partial charge on any atom is 0.119 e. The number of benzene rings is 1. The third-order valence-electron chi connectivity index (χ3n) is 2.91. The van der Waals surface area contributed by atoms with E-state index in [-0.39, 0.29) is 0 Å². The average molecular weight is 263 g/mol. The second-order valence-electron chi connectivity index (χ2n) is 4.30. The predicted octanol–water partition coefficient (Wildman–Crippen LogP) is 3.04.